The average molecular weight is 403 g/mol. The molecule has 0 aliphatic carbocycles. The summed E-state index contributed by atoms with van der Waals surface area (Å²) in [6.07, 6.45) is -6.66. The first-order chi connectivity index (χ1) is 7.73. The van der Waals surface area contributed by atoms with Gasteiger partial charge in [0.05, 0.1) is 11.9 Å². The molecule has 0 aliphatic rings. The van der Waals surface area contributed by atoms with Crippen LogP contribution >= 0.6 is 0 Å². The Bertz CT molecular complexity index is 317. The number of carbonyl (C=O) groups is 4. The van der Waals surface area contributed by atoms with Gasteiger partial charge in [-0.1, -0.05) is 0 Å². The van der Waals surface area contributed by atoms with Gasteiger partial charge in [0.1, 0.15) is 12.2 Å². The van der Waals surface area contributed by atoms with Gasteiger partial charge in [0.15, 0.2) is 0 Å². The quantitative estimate of drug-likeness (QED) is 0.358. The Hall–Kier alpha value is 4.39. The Morgan fingerprint density at radius 1 is 0.667 bits per heavy atom. The number of rotatable bonds is 8. The monoisotopic (exact) mass is 402 g/mol. The van der Waals surface area contributed by atoms with Gasteiger partial charge in [-0.2, -0.15) is 0 Å². The van der Waals surface area contributed by atoms with Crippen molar-refractivity contribution in [2.45, 2.75) is 25.0 Å². The predicted octanol–water partition coefficient (Wildman–Crippen LogP) is -18.5. The maximum absolute atomic E-state index is 10.4. The summed E-state index contributed by atoms with van der Waals surface area (Å²) in [5.41, 5.74) is 0. The number of carbonyl (C=O) groups excluding carboxylic acids is 4. The van der Waals surface area contributed by atoms with Crippen molar-refractivity contribution in [2.75, 3.05) is 0 Å². The smallest absolute Gasteiger partial charge is 0.550 e. The first kappa shape index (κ1) is 36.3. The molecule has 0 aliphatic heterocycles. The summed E-state index contributed by atoms with van der Waals surface area (Å²) in [5.74, 6) is -7.69. The van der Waals surface area contributed by atoms with E-state index in [0.29, 0.717) is 0 Å². The van der Waals surface area contributed by atoms with Crippen LogP contribution in [0.1, 0.15) is 12.8 Å². The Balaban J connectivity index is -0.000000213. The molecule has 2 atom stereocenters. The molecule has 0 heterocycles. The summed E-state index contributed by atoms with van der Waals surface area (Å²) in [6.45, 7) is 0. The first-order valence-corrected chi connectivity index (χ1v) is 4.21. The van der Waals surface area contributed by atoms with E-state index >= 15 is 0 Å². The van der Waals surface area contributed by atoms with Crippen LogP contribution in [-0.2, 0) is 23.9 Å². The van der Waals surface area contributed by atoms with E-state index in [1.165, 1.54) is 0 Å². The van der Waals surface area contributed by atoms with E-state index in [9.17, 15) is 39.6 Å². The number of carboxylic acid groups (broad SMARTS) is 4. The third-order valence-corrected chi connectivity index (χ3v) is 1.56. The van der Waals surface area contributed by atoms with Gasteiger partial charge in [-0.3, -0.25) is 0 Å². The molecule has 96 valence electrons. The minimum absolute atomic E-state index is 0. The van der Waals surface area contributed by atoms with Crippen LogP contribution in [0.3, 0.4) is 0 Å². The van der Waals surface area contributed by atoms with E-state index in [4.69, 9.17) is 0 Å². The van der Waals surface area contributed by atoms with Crippen molar-refractivity contribution in [3.63, 3.8) is 0 Å². The minimum atomic E-state index is -2.15. The molecular weight excluding hydrogens is 396 g/mol. The van der Waals surface area contributed by atoms with Crippen molar-refractivity contribution in [3.8, 4) is 0 Å². The second-order valence-electron chi connectivity index (χ2n) is 2.90. The van der Waals surface area contributed by atoms with Crippen LogP contribution in [0.15, 0.2) is 0 Å². The van der Waals surface area contributed by atoms with E-state index in [0.717, 1.165) is 0 Å². The third kappa shape index (κ3) is 20.5. The summed E-state index contributed by atoms with van der Waals surface area (Å²) >= 11 is 0. The van der Waals surface area contributed by atoms with Crippen molar-refractivity contribution in [1.82, 2.24) is 0 Å². The van der Waals surface area contributed by atoms with E-state index in [1.54, 1.807) is 0 Å². The molecule has 0 N–H and O–H groups in total. The third-order valence-electron chi connectivity index (χ3n) is 1.56. The molecular formula is C8H6K4O9. The maximum Gasteiger partial charge on any atom is 1.00 e. The Kier molecular flexibility index (Phi) is 35.8. The van der Waals surface area contributed by atoms with Gasteiger partial charge in [-0.05, 0) is 0 Å². The fourth-order valence-electron chi connectivity index (χ4n) is 0.875. The van der Waals surface area contributed by atoms with Crippen molar-refractivity contribution < 1.29 is 250 Å². The van der Waals surface area contributed by atoms with Crippen LogP contribution in [0.25, 0.3) is 0 Å². The zero-order chi connectivity index (χ0) is 13.6. The maximum atomic E-state index is 10.4. The number of hydrogen-bond donors (Lipinski definition) is 0. The molecule has 0 radical (unpaired) electrons. The molecule has 0 spiro atoms. The van der Waals surface area contributed by atoms with Gasteiger partial charge in [0, 0.05) is 24.8 Å². The van der Waals surface area contributed by atoms with Gasteiger partial charge in [0.2, 0.25) is 0 Å². The Morgan fingerprint density at radius 2 is 0.905 bits per heavy atom. The van der Waals surface area contributed by atoms with Gasteiger partial charge >= 0.3 is 206 Å². The fraction of sp³-hybridized carbons (Fsp3) is 0.500. The predicted molar refractivity (Wildman–Crippen MR) is 37.9 cm³/mol. The normalized spacial score (nSPS) is 11.0. The molecule has 0 bridgehead atoms. The second kappa shape index (κ2) is 20.7. The summed E-state index contributed by atoms with van der Waals surface area (Å²) < 4.78 is 4.23. The van der Waals surface area contributed by atoms with Crippen LogP contribution in [0.4, 0.5) is 0 Å². The summed E-state index contributed by atoms with van der Waals surface area (Å²) in [5, 5.41) is 41.0. The zero-order valence-electron chi connectivity index (χ0n) is 12.2. The molecule has 0 amide bonds. The van der Waals surface area contributed by atoms with Gasteiger partial charge < -0.3 is 44.3 Å². The van der Waals surface area contributed by atoms with Crippen molar-refractivity contribution in [1.29, 1.82) is 0 Å². The second-order valence-corrected chi connectivity index (χ2v) is 2.90. The zero-order valence-corrected chi connectivity index (χ0v) is 24.7. The Morgan fingerprint density at radius 3 is 1.05 bits per heavy atom. The summed E-state index contributed by atoms with van der Waals surface area (Å²) in [7, 11) is 0. The van der Waals surface area contributed by atoms with Gasteiger partial charge in [-0.25, -0.2) is 0 Å². The van der Waals surface area contributed by atoms with E-state index in [-0.39, 0.29) is 206 Å². The number of aliphatic carboxylic acids is 4. The molecule has 9 nitrogen and oxygen atoms in total. The Labute approximate surface area is 290 Å². The van der Waals surface area contributed by atoms with Crippen molar-refractivity contribution in [2.24, 2.45) is 0 Å². The number of carboxylic acids is 4. The average Bonchev–Trinajstić information content (AvgIpc) is 2.13. The van der Waals surface area contributed by atoms with E-state index in [1.807, 2.05) is 0 Å². The SMILES string of the molecule is O=C([O-])CC(OC(CC(=O)[O-])C(=O)[O-])C(=O)[O-].[K+].[K+].[K+].[K+]. The molecule has 21 heavy (non-hydrogen) atoms. The van der Waals surface area contributed by atoms with Crippen LogP contribution in [-0.4, -0.2) is 36.1 Å². The largest absolute Gasteiger partial charge is 1.00 e. The standard InChI is InChI=1S/C8H10O9.4K/c9-5(10)1-3(7(13)14)17-4(8(15)16)2-6(11)12;;;;/h3-4H,1-2H2,(H,9,10)(H,11,12)(H,13,14)(H,15,16);;;;/q;4*+1/p-4. The summed E-state index contributed by atoms with van der Waals surface area (Å²) in [4.78, 5) is 41.0. The van der Waals surface area contributed by atoms with Crippen LogP contribution in [0.2, 0.25) is 0 Å². The number of hydrogen-bond acceptors (Lipinski definition) is 9. The molecule has 0 saturated heterocycles. The van der Waals surface area contributed by atoms with Crippen molar-refractivity contribution >= 4 is 23.9 Å². The first-order valence-electron chi connectivity index (χ1n) is 4.21. The molecule has 0 aromatic heterocycles. The van der Waals surface area contributed by atoms with Crippen LogP contribution < -0.4 is 226 Å². The minimum Gasteiger partial charge on any atom is -0.550 e. The molecule has 0 rings (SSSR count). The van der Waals surface area contributed by atoms with Gasteiger partial charge in [0.25, 0.3) is 0 Å². The molecule has 0 aromatic rings. The van der Waals surface area contributed by atoms with Gasteiger partial charge in [-0.15, -0.1) is 0 Å². The van der Waals surface area contributed by atoms with Crippen LogP contribution in [0.5, 0.6) is 0 Å². The topological polar surface area (TPSA) is 170 Å². The molecule has 2 unspecified atom stereocenters. The van der Waals surface area contributed by atoms with Crippen LogP contribution in [0, 0.1) is 0 Å². The fourth-order valence-corrected chi connectivity index (χ4v) is 0.875. The molecule has 0 fully saturated rings. The van der Waals surface area contributed by atoms with E-state index < -0.39 is 48.9 Å². The molecule has 0 saturated carbocycles. The molecule has 0 aromatic carbocycles. The summed E-state index contributed by atoms with van der Waals surface area (Å²) in [6, 6.07) is 0. The van der Waals surface area contributed by atoms with E-state index in [2.05, 4.69) is 4.74 Å². The van der Waals surface area contributed by atoms with Crippen molar-refractivity contribution in [3.05, 3.63) is 0 Å². The number of ether oxygens (including phenoxy) is 1. The molecule has 13 heteroatoms.